The number of hydroxylamine groups is 1. The molecule has 4 N–H and O–H groups in total. The second-order valence-electron chi connectivity index (χ2n) is 3.53. The lowest BCUT2D eigenvalue weighted by Gasteiger charge is -2.33. The van der Waals surface area contributed by atoms with Gasteiger partial charge in [-0.05, 0) is 12.8 Å². The van der Waals surface area contributed by atoms with E-state index in [4.69, 9.17) is 10.3 Å². The number of nitrogens with one attached hydrogen (secondary N) is 1. The van der Waals surface area contributed by atoms with Crippen LogP contribution in [0.2, 0.25) is 0 Å². The molecule has 98 valence electrons. The summed E-state index contributed by atoms with van der Waals surface area (Å²) in [5.41, 5.74) is 7.11. The van der Waals surface area contributed by atoms with Gasteiger partial charge in [-0.25, -0.2) is 5.01 Å². The van der Waals surface area contributed by atoms with Gasteiger partial charge in [0.15, 0.2) is 0 Å². The Morgan fingerprint density at radius 2 is 2.18 bits per heavy atom. The molecule has 0 aromatic heterocycles. The van der Waals surface area contributed by atoms with Crippen molar-refractivity contribution in [3.63, 3.8) is 0 Å². The van der Waals surface area contributed by atoms with E-state index in [-0.39, 0.29) is 13.0 Å². The third-order valence-electron chi connectivity index (χ3n) is 2.31. The second kappa shape index (κ2) is 5.35. The number of carbonyl (C=O) groups is 1. The lowest BCUT2D eigenvalue weighted by Crippen LogP contribution is -2.52. The van der Waals surface area contributed by atoms with Crippen molar-refractivity contribution in [3.8, 4) is 0 Å². The van der Waals surface area contributed by atoms with Crippen molar-refractivity contribution in [2.75, 3.05) is 6.54 Å². The minimum absolute atomic E-state index is 0.0490. The van der Waals surface area contributed by atoms with E-state index in [0.717, 1.165) is 5.01 Å². The van der Waals surface area contributed by atoms with Crippen molar-refractivity contribution in [2.24, 2.45) is 11.0 Å². The molecule has 1 rings (SSSR count). The Morgan fingerprint density at radius 1 is 1.53 bits per heavy atom. The first-order chi connectivity index (χ1) is 7.83. The van der Waals surface area contributed by atoms with Crippen LogP contribution in [0.4, 0.5) is 0 Å². The van der Waals surface area contributed by atoms with E-state index in [1.807, 2.05) is 0 Å². The van der Waals surface area contributed by atoms with Crippen LogP contribution in [0.3, 0.4) is 0 Å². The smallest absolute Gasteiger partial charge is 0.368 e. The van der Waals surface area contributed by atoms with Crippen LogP contribution in [0.5, 0.6) is 0 Å². The van der Waals surface area contributed by atoms with E-state index < -0.39 is 28.4 Å². The Labute approximate surface area is 96.9 Å². The molecule has 1 saturated heterocycles. The molecule has 1 aliphatic rings. The average Bonchev–Trinajstić information content (AvgIpc) is 2.24. The summed E-state index contributed by atoms with van der Waals surface area (Å²) in [4.78, 5) is 21.4. The second-order valence-corrected chi connectivity index (χ2v) is 4.55. The van der Waals surface area contributed by atoms with Crippen LogP contribution in [-0.4, -0.2) is 42.5 Å². The predicted molar refractivity (Wildman–Crippen MR) is 54.3 cm³/mol. The van der Waals surface area contributed by atoms with Gasteiger partial charge in [0, 0.05) is 0 Å². The monoisotopic (exact) mass is 268 g/mol. The van der Waals surface area contributed by atoms with Crippen LogP contribution in [0.25, 0.3) is 0 Å². The fourth-order valence-electron chi connectivity index (χ4n) is 1.56. The third-order valence-corrected chi connectivity index (χ3v) is 2.62. The Balaban J connectivity index is 2.54. The zero-order valence-electron chi connectivity index (χ0n) is 8.64. The lowest BCUT2D eigenvalue weighted by atomic mass is 10.0. The fraction of sp³-hybridized carbons (Fsp3) is 0.833. The summed E-state index contributed by atoms with van der Waals surface area (Å²) < 4.78 is 32.9. The summed E-state index contributed by atoms with van der Waals surface area (Å²) in [6.07, 6.45) is 0.572. The van der Waals surface area contributed by atoms with Gasteiger partial charge in [0.1, 0.15) is 6.04 Å². The van der Waals surface area contributed by atoms with Gasteiger partial charge in [-0.15, -0.1) is 4.91 Å². The molecule has 0 radical (unpaired) electrons. The maximum Gasteiger partial charge on any atom is 0.413 e. The average molecular weight is 268 g/mol. The van der Waals surface area contributed by atoms with Crippen LogP contribution in [0.15, 0.2) is 5.29 Å². The molecular formula is C6H12N4O6S. The van der Waals surface area contributed by atoms with Gasteiger partial charge in [-0.2, -0.15) is 18.2 Å². The van der Waals surface area contributed by atoms with Crippen molar-refractivity contribution in [1.29, 1.82) is 0 Å². The largest absolute Gasteiger partial charge is 0.413 e. The summed E-state index contributed by atoms with van der Waals surface area (Å²) in [5, 5.41) is 3.52. The van der Waals surface area contributed by atoms with E-state index in [0.29, 0.717) is 6.42 Å². The fourth-order valence-corrected chi connectivity index (χ4v) is 1.81. The van der Waals surface area contributed by atoms with Gasteiger partial charge in [-0.1, -0.05) is 0 Å². The van der Waals surface area contributed by atoms with E-state index in [2.05, 4.69) is 15.0 Å². The van der Waals surface area contributed by atoms with E-state index in [1.54, 1.807) is 0 Å². The summed E-state index contributed by atoms with van der Waals surface area (Å²) in [5.74, 6) is -0.682. The highest BCUT2D eigenvalue weighted by molar-refractivity contribution is 7.80. The van der Waals surface area contributed by atoms with E-state index >= 15 is 0 Å². The molecule has 0 aromatic carbocycles. The normalized spacial score (nSPS) is 25.6. The number of hydrogen-bond donors (Lipinski definition) is 3. The highest BCUT2D eigenvalue weighted by Gasteiger charge is 2.32. The van der Waals surface area contributed by atoms with Crippen LogP contribution in [0.1, 0.15) is 12.8 Å². The zero-order valence-corrected chi connectivity index (χ0v) is 9.46. The lowest BCUT2D eigenvalue weighted by molar-refractivity contribution is -0.125. The summed E-state index contributed by atoms with van der Waals surface area (Å²) in [6.45, 7) is -0.0490. The van der Waals surface area contributed by atoms with Crippen LogP contribution < -0.4 is 11.2 Å². The molecular weight excluding hydrogens is 256 g/mol. The molecule has 1 aliphatic heterocycles. The quantitative estimate of drug-likeness (QED) is 0.303. The Hall–Kier alpha value is -1.30. The predicted octanol–water partition coefficient (Wildman–Crippen LogP) is -1.69. The number of rotatable bonds is 5. The molecule has 1 amide bonds. The Kier molecular flexibility index (Phi) is 4.34. The first-order valence-corrected chi connectivity index (χ1v) is 6.00. The van der Waals surface area contributed by atoms with Crippen molar-refractivity contribution >= 4 is 16.3 Å². The third kappa shape index (κ3) is 4.22. The summed E-state index contributed by atoms with van der Waals surface area (Å²) >= 11 is 0. The molecule has 0 spiro atoms. The maximum atomic E-state index is 10.9. The number of amides is 1. The van der Waals surface area contributed by atoms with Gasteiger partial charge in [0.2, 0.25) is 5.91 Å². The molecule has 0 bridgehead atoms. The number of carbonyl (C=O) groups excluding carboxylic acids is 1. The minimum atomic E-state index is -4.61. The number of piperidine rings is 1. The topological polar surface area (TPSA) is 151 Å². The van der Waals surface area contributed by atoms with Gasteiger partial charge in [-0.3, -0.25) is 9.35 Å². The minimum Gasteiger partial charge on any atom is -0.368 e. The maximum absolute atomic E-state index is 10.9. The molecule has 1 fully saturated rings. The Bertz CT molecular complexity index is 397. The molecule has 1 heterocycles. The molecule has 0 aliphatic carbocycles. The Morgan fingerprint density at radius 3 is 2.65 bits per heavy atom. The molecule has 2 unspecified atom stereocenters. The number of nitrogens with two attached hydrogens (primary N) is 1. The van der Waals surface area contributed by atoms with Crippen LogP contribution in [-0.2, 0) is 19.5 Å². The molecule has 0 aromatic rings. The molecule has 11 heteroatoms. The number of hydrogen-bond acceptors (Lipinski definition) is 7. The van der Waals surface area contributed by atoms with Crippen LogP contribution >= 0.6 is 0 Å². The van der Waals surface area contributed by atoms with Crippen molar-refractivity contribution in [3.05, 3.63) is 4.91 Å². The van der Waals surface area contributed by atoms with E-state index in [9.17, 15) is 18.1 Å². The van der Waals surface area contributed by atoms with Crippen molar-refractivity contribution in [1.82, 2.24) is 10.5 Å². The highest BCUT2D eigenvalue weighted by atomic mass is 32.3. The summed E-state index contributed by atoms with van der Waals surface area (Å²) in [6, 6.07) is -1.37. The van der Waals surface area contributed by atoms with Crippen LogP contribution in [0, 0.1) is 4.91 Å². The highest BCUT2D eigenvalue weighted by Crippen LogP contribution is 2.17. The molecule has 0 saturated carbocycles. The van der Waals surface area contributed by atoms with Gasteiger partial charge in [0.05, 0.1) is 17.9 Å². The van der Waals surface area contributed by atoms with Crippen molar-refractivity contribution in [2.45, 2.75) is 24.9 Å². The van der Waals surface area contributed by atoms with Gasteiger partial charge < -0.3 is 5.73 Å². The van der Waals surface area contributed by atoms with Gasteiger partial charge in [0.25, 0.3) is 0 Å². The molecule has 10 nitrogen and oxygen atoms in total. The van der Waals surface area contributed by atoms with Gasteiger partial charge >= 0.3 is 10.4 Å². The molecule has 2 atom stereocenters. The summed E-state index contributed by atoms with van der Waals surface area (Å²) in [7, 11) is -4.61. The number of nitrogens with zero attached hydrogens (tertiary/aromatic N) is 2. The van der Waals surface area contributed by atoms with Crippen molar-refractivity contribution < 1.29 is 22.0 Å². The SMILES string of the molecule is NC(=O)C1CCC(NOS(=O)(=O)O)CN1N=O. The zero-order chi connectivity index (χ0) is 13.1. The standard InChI is InChI=1S/C6H12N4O6S/c7-6(11)5-2-1-4(3-10(5)9-12)8-16-17(13,14)15/h4-5,8H,1-3H2,(H2,7,11)(H,13,14,15). The molecule has 17 heavy (non-hydrogen) atoms. The number of nitroso groups, excluding NO2 is 1. The van der Waals surface area contributed by atoms with E-state index in [1.165, 1.54) is 0 Å². The number of primary amides is 1. The first kappa shape index (κ1) is 13.8. The first-order valence-electron chi connectivity index (χ1n) is 4.64.